The number of ether oxygens (including phenoxy) is 2. The molecule has 2 aromatic rings. The summed E-state index contributed by atoms with van der Waals surface area (Å²) in [6.45, 7) is 3.56. The first-order valence-corrected chi connectivity index (χ1v) is 14.0. The molecule has 0 aromatic heterocycles. The molecule has 0 aliphatic carbocycles. The summed E-state index contributed by atoms with van der Waals surface area (Å²) >= 11 is 1.83. The molecule has 1 aliphatic rings. The van der Waals surface area contributed by atoms with Gasteiger partial charge in [0, 0.05) is 18.7 Å². The molecule has 1 aliphatic heterocycles. The Morgan fingerprint density at radius 3 is 2.35 bits per heavy atom. The van der Waals surface area contributed by atoms with Gasteiger partial charge in [0.25, 0.3) is 0 Å². The molecule has 1 saturated heterocycles. The number of thioether (sulfide) groups is 1. The topological polar surface area (TPSA) is 38.8 Å². The van der Waals surface area contributed by atoms with Gasteiger partial charge in [0.2, 0.25) is 5.91 Å². The average molecular weight is 484 g/mol. The highest BCUT2D eigenvalue weighted by Gasteiger charge is 2.30. The largest absolute Gasteiger partial charge is 0.493 e. The molecule has 0 bridgehead atoms. The SMILES string of the molecule is CCCCCCCCCCCC(=O)N1CCSC1c1ccc(OC)c(OCc2ccccc2)c1. The molecule has 0 spiro atoms. The first-order chi connectivity index (χ1) is 16.7. The van der Waals surface area contributed by atoms with E-state index in [4.69, 9.17) is 9.47 Å². The van der Waals surface area contributed by atoms with Crippen molar-refractivity contribution in [1.82, 2.24) is 4.90 Å². The monoisotopic (exact) mass is 483 g/mol. The zero-order chi connectivity index (χ0) is 24.0. The summed E-state index contributed by atoms with van der Waals surface area (Å²) in [4.78, 5) is 15.1. The van der Waals surface area contributed by atoms with E-state index in [1.54, 1.807) is 7.11 Å². The quantitative estimate of drug-likeness (QED) is 0.243. The molecule has 5 heteroatoms. The minimum absolute atomic E-state index is 0.0519. The van der Waals surface area contributed by atoms with Gasteiger partial charge in [-0.25, -0.2) is 0 Å². The maximum atomic E-state index is 13.0. The van der Waals surface area contributed by atoms with Crippen molar-refractivity contribution in [2.75, 3.05) is 19.4 Å². The minimum Gasteiger partial charge on any atom is -0.493 e. The van der Waals surface area contributed by atoms with Gasteiger partial charge in [-0.15, -0.1) is 11.8 Å². The molecule has 34 heavy (non-hydrogen) atoms. The molecule has 1 fully saturated rings. The Labute approximate surface area is 210 Å². The first kappa shape index (κ1) is 26.5. The van der Waals surface area contributed by atoms with E-state index >= 15 is 0 Å². The standard InChI is InChI=1S/C29H41NO3S/c1-3-4-5-6-7-8-9-10-14-17-28(31)30-20-21-34-29(30)25-18-19-26(32-2)27(22-25)33-23-24-15-12-11-13-16-24/h11-13,15-16,18-19,22,29H,3-10,14,17,20-21,23H2,1-2H3. The smallest absolute Gasteiger partial charge is 0.223 e. The first-order valence-electron chi connectivity index (χ1n) is 13.0. The Hall–Kier alpha value is -2.14. The molecule has 2 aromatic carbocycles. The lowest BCUT2D eigenvalue weighted by Gasteiger charge is -2.25. The molecule has 1 atom stereocenters. The Bertz CT molecular complexity index is 858. The fourth-order valence-corrected chi connectivity index (χ4v) is 5.69. The Kier molecular flexibility index (Phi) is 11.7. The molecule has 1 amide bonds. The van der Waals surface area contributed by atoms with Crippen LogP contribution in [0.2, 0.25) is 0 Å². The fraction of sp³-hybridized carbons (Fsp3) is 0.552. The molecule has 186 valence electrons. The normalized spacial score (nSPS) is 15.5. The second-order valence-corrected chi connectivity index (χ2v) is 10.3. The van der Waals surface area contributed by atoms with Gasteiger partial charge in [-0.2, -0.15) is 0 Å². The number of carbonyl (C=O) groups is 1. The average Bonchev–Trinajstić information content (AvgIpc) is 3.37. The number of hydrogen-bond acceptors (Lipinski definition) is 4. The summed E-state index contributed by atoms with van der Waals surface area (Å²) in [6, 6.07) is 16.2. The van der Waals surface area contributed by atoms with Gasteiger partial charge in [-0.3, -0.25) is 4.79 Å². The predicted octanol–water partition coefficient (Wildman–Crippen LogP) is 7.77. The van der Waals surface area contributed by atoms with Crippen LogP contribution in [0, 0.1) is 0 Å². The maximum absolute atomic E-state index is 13.0. The summed E-state index contributed by atoms with van der Waals surface area (Å²) < 4.78 is 11.6. The molecule has 0 N–H and O–H groups in total. The predicted molar refractivity (Wildman–Crippen MR) is 143 cm³/mol. The number of nitrogens with zero attached hydrogens (tertiary/aromatic N) is 1. The van der Waals surface area contributed by atoms with Gasteiger partial charge < -0.3 is 14.4 Å². The van der Waals surface area contributed by atoms with E-state index in [1.165, 1.54) is 44.9 Å². The van der Waals surface area contributed by atoms with Gasteiger partial charge in [0.05, 0.1) is 7.11 Å². The minimum atomic E-state index is 0.0519. The van der Waals surface area contributed by atoms with Crippen LogP contribution in [0.15, 0.2) is 48.5 Å². The van der Waals surface area contributed by atoms with Crippen LogP contribution >= 0.6 is 11.8 Å². The van der Waals surface area contributed by atoms with E-state index in [-0.39, 0.29) is 11.3 Å². The third-order valence-electron chi connectivity index (χ3n) is 6.42. The van der Waals surface area contributed by atoms with Crippen molar-refractivity contribution >= 4 is 17.7 Å². The summed E-state index contributed by atoms with van der Waals surface area (Å²) in [5, 5.41) is 0.0519. The van der Waals surface area contributed by atoms with Crippen LogP contribution in [0.1, 0.15) is 87.6 Å². The molecule has 0 saturated carbocycles. The molecular weight excluding hydrogens is 442 g/mol. The number of hydrogen-bond donors (Lipinski definition) is 0. The van der Waals surface area contributed by atoms with Crippen LogP contribution in [-0.2, 0) is 11.4 Å². The zero-order valence-corrected chi connectivity index (χ0v) is 21.8. The number of unbranched alkanes of at least 4 members (excludes halogenated alkanes) is 8. The van der Waals surface area contributed by atoms with E-state index in [2.05, 4.69) is 30.0 Å². The highest BCUT2D eigenvalue weighted by Crippen LogP contribution is 2.41. The molecule has 3 rings (SSSR count). The van der Waals surface area contributed by atoms with Crippen LogP contribution in [0.5, 0.6) is 11.5 Å². The van der Waals surface area contributed by atoms with Crippen molar-refractivity contribution in [3.05, 3.63) is 59.7 Å². The summed E-state index contributed by atoms with van der Waals surface area (Å²) in [7, 11) is 1.66. The van der Waals surface area contributed by atoms with Gasteiger partial charge >= 0.3 is 0 Å². The van der Waals surface area contributed by atoms with Gasteiger partial charge in [0.15, 0.2) is 11.5 Å². The Morgan fingerprint density at radius 2 is 1.65 bits per heavy atom. The summed E-state index contributed by atoms with van der Waals surface area (Å²) in [5.41, 5.74) is 2.22. The Morgan fingerprint density at radius 1 is 0.941 bits per heavy atom. The number of amides is 1. The lowest BCUT2D eigenvalue weighted by molar-refractivity contribution is -0.131. The number of methoxy groups -OCH3 is 1. The highest BCUT2D eigenvalue weighted by molar-refractivity contribution is 7.99. The van der Waals surface area contributed by atoms with E-state index in [1.807, 2.05) is 42.1 Å². The van der Waals surface area contributed by atoms with Crippen molar-refractivity contribution in [1.29, 1.82) is 0 Å². The second kappa shape index (κ2) is 15.0. The van der Waals surface area contributed by atoms with Gasteiger partial charge in [-0.05, 0) is 29.7 Å². The van der Waals surface area contributed by atoms with Crippen molar-refractivity contribution in [3.63, 3.8) is 0 Å². The number of benzene rings is 2. The van der Waals surface area contributed by atoms with Crippen LogP contribution in [0.4, 0.5) is 0 Å². The molecule has 1 heterocycles. The van der Waals surface area contributed by atoms with Gasteiger partial charge in [0.1, 0.15) is 12.0 Å². The van der Waals surface area contributed by atoms with Gasteiger partial charge in [-0.1, -0.05) is 94.7 Å². The lowest BCUT2D eigenvalue weighted by atomic mass is 10.1. The molecule has 4 nitrogen and oxygen atoms in total. The maximum Gasteiger partial charge on any atom is 0.223 e. The van der Waals surface area contributed by atoms with E-state index in [0.717, 1.165) is 47.8 Å². The van der Waals surface area contributed by atoms with Crippen LogP contribution in [-0.4, -0.2) is 30.2 Å². The molecular formula is C29H41NO3S. The molecule has 1 unspecified atom stereocenters. The van der Waals surface area contributed by atoms with Crippen molar-refractivity contribution < 1.29 is 14.3 Å². The van der Waals surface area contributed by atoms with Crippen molar-refractivity contribution in [3.8, 4) is 11.5 Å². The van der Waals surface area contributed by atoms with Crippen molar-refractivity contribution in [2.24, 2.45) is 0 Å². The van der Waals surface area contributed by atoms with E-state index < -0.39 is 0 Å². The van der Waals surface area contributed by atoms with Crippen LogP contribution < -0.4 is 9.47 Å². The summed E-state index contributed by atoms with van der Waals surface area (Å²) in [5.74, 6) is 2.69. The highest BCUT2D eigenvalue weighted by atomic mass is 32.2. The Balaban J connectivity index is 1.50. The fourth-order valence-electron chi connectivity index (χ4n) is 4.43. The molecule has 0 radical (unpaired) electrons. The van der Waals surface area contributed by atoms with E-state index in [0.29, 0.717) is 13.0 Å². The van der Waals surface area contributed by atoms with Crippen LogP contribution in [0.3, 0.4) is 0 Å². The summed E-state index contributed by atoms with van der Waals surface area (Å²) in [6.07, 6.45) is 12.1. The third kappa shape index (κ3) is 8.26. The van der Waals surface area contributed by atoms with E-state index in [9.17, 15) is 4.79 Å². The lowest BCUT2D eigenvalue weighted by Crippen LogP contribution is -2.30. The van der Waals surface area contributed by atoms with Crippen molar-refractivity contribution in [2.45, 2.75) is 83.1 Å². The second-order valence-electron chi connectivity index (χ2n) is 9.07. The third-order valence-corrected chi connectivity index (χ3v) is 7.68. The number of rotatable bonds is 15. The number of carbonyl (C=O) groups excluding carboxylic acids is 1. The van der Waals surface area contributed by atoms with Crippen LogP contribution in [0.25, 0.3) is 0 Å². The zero-order valence-electron chi connectivity index (χ0n) is 21.0.